The predicted octanol–water partition coefficient (Wildman–Crippen LogP) is 4.60. The Morgan fingerprint density at radius 2 is 1.67 bits per heavy atom. The van der Waals surface area contributed by atoms with E-state index in [0.29, 0.717) is 18.5 Å². The Morgan fingerprint density at radius 3 is 2.21 bits per heavy atom. The zero-order valence-electron chi connectivity index (χ0n) is 14.8. The first-order chi connectivity index (χ1) is 11.6. The van der Waals surface area contributed by atoms with Gasteiger partial charge in [0.15, 0.2) is 0 Å². The number of hydrogen-bond acceptors (Lipinski definition) is 2. The van der Waals surface area contributed by atoms with Crippen LogP contribution in [-0.4, -0.2) is 18.0 Å². The lowest BCUT2D eigenvalue weighted by molar-refractivity contribution is 0.431. The summed E-state index contributed by atoms with van der Waals surface area (Å²) >= 11 is 0. The zero-order valence-corrected chi connectivity index (χ0v) is 14.8. The van der Waals surface area contributed by atoms with E-state index >= 15 is 0 Å². The molecule has 1 aliphatic rings. The summed E-state index contributed by atoms with van der Waals surface area (Å²) in [5, 5.41) is 0. The van der Waals surface area contributed by atoms with Crippen LogP contribution in [0.3, 0.4) is 0 Å². The van der Waals surface area contributed by atoms with E-state index in [9.17, 15) is 0 Å². The average Bonchev–Trinajstić information content (AvgIpc) is 3.19. The summed E-state index contributed by atoms with van der Waals surface area (Å²) in [6.45, 7) is 6.99. The van der Waals surface area contributed by atoms with Gasteiger partial charge in [-0.3, -0.25) is 0 Å². The first kappa shape index (κ1) is 16.8. The Morgan fingerprint density at radius 1 is 1.08 bits per heavy atom. The van der Waals surface area contributed by atoms with E-state index in [-0.39, 0.29) is 0 Å². The maximum absolute atomic E-state index is 5.77. The van der Waals surface area contributed by atoms with Gasteiger partial charge in [-0.15, -0.1) is 0 Å². The van der Waals surface area contributed by atoms with Gasteiger partial charge in [-0.2, -0.15) is 0 Å². The maximum atomic E-state index is 5.77. The highest BCUT2D eigenvalue weighted by Crippen LogP contribution is 2.35. The quantitative estimate of drug-likeness (QED) is 0.755. The van der Waals surface area contributed by atoms with Gasteiger partial charge in [-0.1, -0.05) is 62.4 Å². The second-order valence-electron chi connectivity index (χ2n) is 6.94. The molecule has 1 saturated heterocycles. The molecule has 2 atom stereocenters. The SMILES string of the molecule is C=C1C(CC(CC)Cc2cccc(-c3cccc(CN)c3)c2)N1C. The lowest BCUT2D eigenvalue weighted by Crippen LogP contribution is -2.09. The van der Waals surface area contributed by atoms with Gasteiger partial charge in [0.1, 0.15) is 0 Å². The van der Waals surface area contributed by atoms with E-state index in [1.54, 1.807) is 0 Å². The average molecular weight is 320 g/mol. The summed E-state index contributed by atoms with van der Waals surface area (Å²) in [6, 6.07) is 18.1. The third-order valence-electron chi connectivity index (χ3n) is 5.32. The van der Waals surface area contributed by atoms with Crippen molar-refractivity contribution in [3.8, 4) is 11.1 Å². The molecule has 126 valence electrons. The molecule has 24 heavy (non-hydrogen) atoms. The van der Waals surface area contributed by atoms with Gasteiger partial charge in [0, 0.05) is 19.3 Å². The molecule has 1 heterocycles. The monoisotopic (exact) mass is 320 g/mol. The first-order valence-electron chi connectivity index (χ1n) is 8.92. The summed E-state index contributed by atoms with van der Waals surface area (Å²) in [6.07, 6.45) is 3.57. The van der Waals surface area contributed by atoms with E-state index in [1.807, 2.05) is 0 Å². The van der Waals surface area contributed by atoms with E-state index < -0.39 is 0 Å². The second-order valence-corrected chi connectivity index (χ2v) is 6.94. The highest BCUT2D eigenvalue weighted by atomic mass is 15.3. The summed E-state index contributed by atoms with van der Waals surface area (Å²) in [4.78, 5) is 2.29. The molecule has 1 aliphatic heterocycles. The summed E-state index contributed by atoms with van der Waals surface area (Å²) in [7, 11) is 2.14. The molecule has 2 unspecified atom stereocenters. The fourth-order valence-corrected chi connectivity index (χ4v) is 3.50. The molecule has 2 N–H and O–H groups in total. The largest absolute Gasteiger partial charge is 0.368 e. The molecule has 2 nitrogen and oxygen atoms in total. The molecule has 2 heteroatoms. The molecule has 2 aromatic carbocycles. The van der Waals surface area contributed by atoms with Crippen LogP contribution in [0.15, 0.2) is 60.8 Å². The minimum absolute atomic E-state index is 0.588. The summed E-state index contributed by atoms with van der Waals surface area (Å²) in [5.74, 6) is 0.710. The third kappa shape index (κ3) is 3.70. The molecule has 0 amide bonds. The predicted molar refractivity (Wildman–Crippen MR) is 103 cm³/mol. The van der Waals surface area contributed by atoms with E-state index in [4.69, 9.17) is 5.73 Å². The fraction of sp³-hybridized carbons (Fsp3) is 0.364. The van der Waals surface area contributed by atoms with Crippen molar-refractivity contribution in [3.05, 3.63) is 71.9 Å². The van der Waals surface area contributed by atoms with Gasteiger partial charge in [0.25, 0.3) is 0 Å². The molecule has 0 saturated carbocycles. The van der Waals surface area contributed by atoms with Crippen LogP contribution in [0.2, 0.25) is 0 Å². The molecular weight excluding hydrogens is 292 g/mol. The lowest BCUT2D eigenvalue weighted by atomic mass is 9.90. The van der Waals surface area contributed by atoms with Crippen molar-refractivity contribution >= 4 is 0 Å². The van der Waals surface area contributed by atoms with Gasteiger partial charge < -0.3 is 10.6 Å². The van der Waals surface area contributed by atoms with Crippen molar-refractivity contribution in [2.45, 2.75) is 38.8 Å². The van der Waals surface area contributed by atoms with Crippen molar-refractivity contribution in [2.24, 2.45) is 11.7 Å². The van der Waals surface area contributed by atoms with Crippen LogP contribution < -0.4 is 5.73 Å². The third-order valence-corrected chi connectivity index (χ3v) is 5.32. The standard InChI is InChI=1S/C22H28N2/c1-4-17(14-22-16(2)24(22)3)11-18-7-5-9-20(12-18)21-10-6-8-19(13-21)15-23/h5-10,12-13,17,22H,2,4,11,14-15,23H2,1,3H3. The number of nitrogens with two attached hydrogens (primary N) is 1. The van der Waals surface area contributed by atoms with Crippen molar-refractivity contribution in [3.63, 3.8) is 0 Å². The van der Waals surface area contributed by atoms with E-state index in [1.165, 1.54) is 40.8 Å². The van der Waals surface area contributed by atoms with Crippen LogP contribution in [0.1, 0.15) is 30.9 Å². The lowest BCUT2D eigenvalue weighted by Gasteiger charge is -2.15. The van der Waals surface area contributed by atoms with Crippen LogP contribution in [0.25, 0.3) is 11.1 Å². The molecular formula is C22H28N2. The topological polar surface area (TPSA) is 29.0 Å². The number of nitrogens with zero attached hydrogens (tertiary/aromatic N) is 1. The molecule has 3 rings (SSSR count). The summed E-state index contributed by atoms with van der Waals surface area (Å²) in [5.41, 5.74) is 12.2. The first-order valence-corrected chi connectivity index (χ1v) is 8.92. The summed E-state index contributed by atoms with van der Waals surface area (Å²) < 4.78 is 0. The van der Waals surface area contributed by atoms with Crippen LogP contribution >= 0.6 is 0 Å². The number of rotatable bonds is 7. The van der Waals surface area contributed by atoms with Crippen molar-refractivity contribution in [1.82, 2.24) is 4.90 Å². The van der Waals surface area contributed by atoms with Gasteiger partial charge >= 0.3 is 0 Å². The minimum Gasteiger partial charge on any atom is -0.368 e. The Kier molecular flexibility index (Phi) is 5.06. The van der Waals surface area contributed by atoms with E-state index in [0.717, 1.165) is 6.42 Å². The van der Waals surface area contributed by atoms with Crippen LogP contribution in [0.4, 0.5) is 0 Å². The molecule has 1 fully saturated rings. The highest BCUT2D eigenvalue weighted by Gasteiger charge is 2.36. The number of benzene rings is 2. The van der Waals surface area contributed by atoms with Crippen LogP contribution in [0, 0.1) is 5.92 Å². The molecule has 0 aromatic heterocycles. The fourth-order valence-electron chi connectivity index (χ4n) is 3.50. The smallest absolute Gasteiger partial charge is 0.0681 e. The molecule has 0 spiro atoms. The molecule has 0 bridgehead atoms. The Hall–Kier alpha value is -2.06. The van der Waals surface area contributed by atoms with Gasteiger partial charge in [0.05, 0.1) is 6.04 Å². The highest BCUT2D eigenvalue weighted by molar-refractivity contribution is 5.65. The Labute approximate surface area is 146 Å². The Balaban J connectivity index is 1.73. The maximum Gasteiger partial charge on any atom is 0.0681 e. The van der Waals surface area contributed by atoms with Crippen LogP contribution in [0.5, 0.6) is 0 Å². The molecule has 0 aliphatic carbocycles. The number of likely N-dealkylation sites (N-methyl/N-ethyl adjacent to an activating group) is 1. The van der Waals surface area contributed by atoms with Gasteiger partial charge in [-0.05, 0) is 47.1 Å². The van der Waals surface area contributed by atoms with Crippen molar-refractivity contribution in [2.75, 3.05) is 7.05 Å². The normalized spacial score (nSPS) is 17.9. The Bertz CT molecular complexity index is 719. The molecule has 2 aromatic rings. The van der Waals surface area contributed by atoms with Crippen molar-refractivity contribution in [1.29, 1.82) is 0 Å². The molecule has 0 radical (unpaired) electrons. The van der Waals surface area contributed by atoms with Gasteiger partial charge in [0.2, 0.25) is 0 Å². The zero-order chi connectivity index (χ0) is 17.1. The van der Waals surface area contributed by atoms with Gasteiger partial charge in [-0.25, -0.2) is 0 Å². The number of hydrogen-bond donors (Lipinski definition) is 1. The van der Waals surface area contributed by atoms with Crippen LogP contribution in [-0.2, 0) is 13.0 Å². The second kappa shape index (κ2) is 7.23. The van der Waals surface area contributed by atoms with E-state index in [2.05, 4.69) is 74.0 Å². The minimum atomic E-state index is 0.588. The van der Waals surface area contributed by atoms with Crippen molar-refractivity contribution < 1.29 is 0 Å².